The van der Waals surface area contributed by atoms with Gasteiger partial charge in [-0.2, -0.15) is 0 Å². The van der Waals surface area contributed by atoms with Gasteiger partial charge in [-0.15, -0.1) is 0 Å². The number of hydrogen-bond acceptors (Lipinski definition) is 4. The van der Waals surface area contributed by atoms with E-state index >= 15 is 0 Å². The van der Waals surface area contributed by atoms with Crippen molar-refractivity contribution in [3.8, 4) is 5.75 Å². The van der Waals surface area contributed by atoms with Crippen molar-refractivity contribution in [3.63, 3.8) is 0 Å². The van der Waals surface area contributed by atoms with Gasteiger partial charge in [0.25, 0.3) is 5.91 Å². The summed E-state index contributed by atoms with van der Waals surface area (Å²) in [6, 6.07) is 12.9. The molecule has 0 atom stereocenters. The Labute approximate surface area is 155 Å². The zero-order valence-electron chi connectivity index (χ0n) is 13.8. The quantitative estimate of drug-likeness (QED) is 0.711. The Hall–Kier alpha value is -1.90. The molecule has 25 heavy (non-hydrogen) atoms. The minimum Gasteiger partial charge on any atom is -0.484 e. The fraction of sp³-hybridized carbons (Fsp3) is 0.235. The van der Waals surface area contributed by atoms with Crippen LogP contribution in [0.3, 0.4) is 0 Å². The largest absolute Gasteiger partial charge is 0.484 e. The van der Waals surface area contributed by atoms with Gasteiger partial charge in [0.05, 0.1) is 4.90 Å². The number of sulfonamides is 1. The van der Waals surface area contributed by atoms with E-state index in [1.54, 1.807) is 26.0 Å². The van der Waals surface area contributed by atoms with Crippen LogP contribution in [0.15, 0.2) is 57.9 Å². The van der Waals surface area contributed by atoms with Crippen molar-refractivity contribution in [2.45, 2.75) is 24.8 Å². The maximum Gasteiger partial charge on any atom is 0.262 e. The van der Waals surface area contributed by atoms with Crippen LogP contribution >= 0.6 is 15.9 Å². The maximum absolute atomic E-state index is 12.0. The second-order valence-electron chi connectivity index (χ2n) is 5.59. The molecule has 2 N–H and O–H groups in total. The molecule has 134 valence electrons. The van der Waals surface area contributed by atoms with E-state index in [-0.39, 0.29) is 23.5 Å². The molecule has 0 saturated carbocycles. The summed E-state index contributed by atoms with van der Waals surface area (Å²) in [5.74, 6) is 0.238. The summed E-state index contributed by atoms with van der Waals surface area (Å²) in [5, 5.41) is 2.66. The molecule has 0 aliphatic heterocycles. The number of hydrogen-bond donors (Lipinski definition) is 2. The zero-order chi connectivity index (χ0) is 18.4. The molecule has 0 unspecified atom stereocenters. The van der Waals surface area contributed by atoms with E-state index in [4.69, 9.17) is 4.74 Å². The normalized spacial score (nSPS) is 11.4. The number of benzene rings is 2. The first-order valence-corrected chi connectivity index (χ1v) is 9.84. The fourth-order valence-electron chi connectivity index (χ4n) is 2.00. The van der Waals surface area contributed by atoms with E-state index in [1.807, 2.05) is 12.1 Å². The van der Waals surface area contributed by atoms with Crippen molar-refractivity contribution in [1.29, 1.82) is 0 Å². The second-order valence-corrected chi connectivity index (χ2v) is 8.22. The van der Waals surface area contributed by atoms with Crippen LogP contribution in [-0.2, 0) is 14.8 Å². The topological polar surface area (TPSA) is 84.5 Å². The van der Waals surface area contributed by atoms with Gasteiger partial charge >= 0.3 is 0 Å². The van der Waals surface area contributed by atoms with Crippen molar-refractivity contribution < 1.29 is 17.9 Å². The van der Waals surface area contributed by atoms with Gasteiger partial charge in [-0.3, -0.25) is 4.79 Å². The molecule has 0 radical (unpaired) electrons. The third-order valence-corrected chi connectivity index (χ3v) is 5.17. The predicted octanol–water partition coefficient (Wildman–Crippen LogP) is 3.15. The van der Waals surface area contributed by atoms with Crippen molar-refractivity contribution in [1.82, 2.24) is 4.72 Å². The number of amides is 1. The lowest BCUT2D eigenvalue weighted by atomic mass is 10.3. The molecule has 0 heterocycles. The van der Waals surface area contributed by atoms with Crippen molar-refractivity contribution in [2.75, 3.05) is 11.9 Å². The van der Waals surface area contributed by atoms with Crippen molar-refractivity contribution >= 4 is 37.5 Å². The smallest absolute Gasteiger partial charge is 0.262 e. The summed E-state index contributed by atoms with van der Waals surface area (Å²) in [7, 11) is -3.55. The summed E-state index contributed by atoms with van der Waals surface area (Å²) in [4.78, 5) is 12.1. The molecule has 0 fully saturated rings. The zero-order valence-corrected chi connectivity index (χ0v) is 16.2. The number of halogens is 1. The van der Waals surface area contributed by atoms with Crippen molar-refractivity contribution in [2.24, 2.45) is 0 Å². The average molecular weight is 427 g/mol. The fourth-order valence-corrected chi connectivity index (χ4v) is 3.63. The Morgan fingerprint density at radius 1 is 1.16 bits per heavy atom. The first-order chi connectivity index (χ1) is 11.8. The molecular formula is C17H19BrN2O4S. The molecular weight excluding hydrogens is 408 g/mol. The molecule has 0 aliphatic rings. The van der Waals surface area contributed by atoms with Crippen LogP contribution in [0.25, 0.3) is 0 Å². The molecule has 0 aliphatic carbocycles. The number of carbonyl (C=O) groups excluding carboxylic acids is 1. The highest BCUT2D eigenvalue weighted by atomic mass is 79.9. The van der Waals surface area contributed by atoms with E-state index in [9.17, 15) is 13.2 Å². The Kier molecular flexibility index (Phi) is 6.57. The summed E-state index contributed by atoms with van der Waals surface area (Å²) in [6.45, 7) is 3.35. The molecule has 0 saturated heterocycles. The Morgan fingerprint density at radius 2 is 1.84 bits per heavy atom. The molecule has 2 aromatic carbocycles. The Bertz CT molecular complexity index is 836. The van der Waals surface area contributed by atoms with E-state index in [1.165, 1.54) is 24.3 Å². The molecule has 8 heteroatoms. The summed E-state index contributed by atoms with van der Waals surface area (Å²) < 4.78 is 32.8. The summed E-state index contributed by atoms with van der Waals surface area (Å²) in [6.07, 6.45) is 0. The van der Waals surface area contributed by atoms with E-state index in [0.717, 1.165) is 4.47 Å². The van der Waals surface area contributed by atoms with Gasteiger partial charge in [0.2, 0.25) is 10.0 Å². The minimum atomic E-state index is -3.55. The number of ether oxygens (including phenoxy) is 1. The first-order valence-electron chi connectivity index (χ1n) is 7.57. The van der Waals surface area contributed by atoms with Gasteiger partial charge in [-0.05, 0) is 56.3 Å². The van der Waals surface area contributed by atoms with Crippen molar-refractivity contribution in [3.05, 3.63) is 53.0 Å². The average Bonchev–Trinajstić information content (AvgIpc) is 2.52. The predicted molar refractivity (Wildman–Crippen MR) is 100 cm³/mol. The van der Waals surface area contributed by atoms with Gasteiger partial charge in [0.15, 0.2) is 6.61 Å². The lowest BCUT2D eigenvalue weighted by molar-refractivity contribution is -0.118. The van der Waals surface area contributed by atoms with Gasteiger partial charge < -0.3 is 10.1 Å². The van der Waals surface area contributed by atoms with Gasteiger partial charge in [0, 0.05) is 16.2 Å². The standard InChI is InChI=1S/C17H19BrN2O4S/c1-12(2)20-25(22,23)16-8-6-14(7-9-16)19-17(21)11-24-15-5-3-4-13(18)10-15/h3-10,12,20H,11H2,1-2H3,(H,19,21). The number of rotatable bonds is 7. The Balaban J connectivity index is 1.93. The molecule has 0 bridgehead atoms. The monoisotopic (exact) mass is 426 g/mol. The summed E-state index contributed by atoms with van der Waals surface area (Å²) >= 11 is 3.33. The SMILES string of the molecule is CC(C)NS(=O)(=O)c1ccc(NC(=O)COc2cccc(Br)c2)cc1. The summed E-state index contributed by atoms with van der Waals surface area (Å²) in [5.41, 5.74) is 0.492. The third-order valence-electron chi connectivity index (χ3n) is 3.01. The van der Waals surface area contributed by atoms with Gasteiger partial charge in [-0.25, -0.2) is 13.1 Å². The third kappa shape index (κ3) is 6.15. The molecule has 0 aromatic heterocycles. The van der Waals surface area contributed by atoms with Crippen LogP contribution < -0.4 is 14.8 Å². The van der Waals surface area contributed by atoms with Crippen LogP contribution in [0.5, 0.6) is 5.75 Å². The van der Waals surface area contributed by atoms with Gasteiger partial charge in [0.1, 0.15) is 5.75 Å². The molecule has 2 rings (SSSR count). The Morgan fingerprint density at radius 3 is 2.44 bits per heavy atom. The molecule has 0 spiro atoms. The number of nitrogens with one attached hydrogen (secondary N) is 2. The number of anilines is 1. The minimum absolute atomic E-state index is 0.143. The lowest BCUT2D eigenvalue weighted by Crippen LogP contribution is -2.30. The number of carbonyl (C=O) groups is 1. The molecule has 1 amide bonds. The van der Waals surface area contributed by atoms with E-state index < -0.39 is 10.0 Å². The molecule has 2 aromatic rings. The highest BCUT2D eigenvalue weighted by molar-refractivity contribution is 9.10. The second kappa shape index (κ2) is 8.46. The maximum atomic E-state index is 12.0. The molecule has 6 nitrogen and oxygen atoms in total. The highest BCUT2D eigenvalue weighted by Gasteiger charge is 2.15. The lowest BCUT2D eigenvalue weighted by Gasteiger charge is -2.11. The van der Waals surface area contributed by atoms with Crippen LogP contribution in [0.4, 0.5) is 5.69 Å². The highest BCUT2D eigenvalue weighted by Crippen LogP contribution is 2.18. The van der Waals surface area contributed by atoms with E-state index in [2.05, 4.69) is 26.0 Å². The first kappa shape index (κ1) is 19.4. The van der Waals surface area contributed by atoms with Crippen LogP contribution in [0, 0.1) is 0 Å². The van der Waals surface area contributed by atoms with Crippen LogP contribution in [0.2, 0.25) is 0 Å². The van der Waals surface area contributed by atoms with Gasteiger partial charge in [-0.1, -0.05) is 22.0 Å². The van der Waals surface area contributed by atoms with E-state index in [0.29, 0.717) is 11.4 Å². The van der Waals surface area contributed by atoms with Crippen LogP contribution in [-0.4, -0.2) is 27.0 Å². The van der Waals surface area contributed by atoms with Crippen LogP contribution in [0.1, 0.15) is 13.8 Å².